The number of aryl methyl sites for hydroxylation is 1. The molecule has 0 aliphatic rings. The summed E-state index contributed by atoms with van der Waals surface area (Å²) in [6.07, 6.45) is 3.60. The fourth-order valence-electron chi connectivity index (χ4n) is 1.12. The van der Waals surface area contributed by atoms with Crippen LogP contribution in [-0.4, -0.2) is 11.5 Å². The molecule has 1 aromatic heterocycles. The molecule has 0 bridgehead atoms. The lowest BCUT2D eigenvalue weighted by Crippen LogP contribution is -2.09. The molecule has 13 heavy (non-hydrogen) atoms. The summed E-state index contributed by atoms with van der Waals surface area (Å²) in [6, 6.07) is 0. The Morgan fingerprint density at radius 2 is 2.38 bits per heavy atom. The molecule has 74 valence electrons. The molecule has 0 saturated carbocycles. The highest BCUT2D eigenvalue weighted by Crippen LogP contribution is 2.18. The van der Waals surface area contributed by atoms with Crippen LogP contribution in [0.5, 0.6) is 0 Å². The molecule has 1 aromatic rings. The van der Waals surface area contributed by atoms with E-state index in [1.54, 1.807) is 11.3 Å². The first-order chi connectivity index (χ1) is 6.27. The van der Waals surface area contributed by atoms with Gasteiger partial charge in [-0.1, -0.05) is 20.3 Å². The van der Waals surface area contributed by atoms with E-state index in [1.165, 1.54) is 23.5 Å². The van der Waals surface area contributed by atoms with Gasteiger partial charge < -0.3 is 5.73 Å². The van der Waals surface area contributed by atoms with Crippen LogP contribution < -0.4 is 5.73 Å². The molecule has 0 aliphatic carbocycles. The third-order valence-electron chi connectivity index (χ3n) is 2.17. The lowest BCUT2D eigenvalue weighted by molar-refractivity contribution is 0.735. The molecule has 1 heterocycles. The van der Waals surface area contributed by atoms with Crippen molar-refractivity contribution in [1.82, 2.24) is 4.98 Å². The van der Waals surface area contributed by atoms with E-state index in [1.807, 2.05) is 0 Å². The minimum atomic E-state index is 0.409. The van der Waals surface area contributed by atoms with Crippen LogP contribution in [0.4, 0.5) is 0 Å². The molecule has 0 radical (unpaired) electrons. The van der Waals surface area contributed by atoms with Crippen molar-refractivity contribution in [3.8, 4) is 0 Å². The van der Waals surface area contributed by atoms with E-state index < -0.39 is 0 Å². The zero-order chi connectivity index (χ0) is 9.68. The Labute approximate surface area is 84.2 Å². The minimum absolute atomic E-state index is 0.409. The molecule has 1 unspecified atom stereocenters. The monoisotopic (exact) mass is 198 g/mol. The van der Waals surface area contributed by atoms with Crippen LogP contribution in [0.25, 0.3) is 0 Å². The third kappa shape index (κ3) is 3.08. The van der Waals surface area contributed by atoms with Crippen LogP contribution >= 0.6 is 11.3 Å². The van der Waals surface area contributed by atoms with Gasteiger partial charge in [0.05, 0.1) is 10.7 Å². The lowest BCUT2D eigenvalue weighted by atomic mass is 10.1. The average molecular weight is 198 g/mol. The summed E-state index contributed by atoms with van der Waals surface area (Å²) in [7, 11) is 0. The second kappa shape index (κ2) is 5.35. The number of rotatable bonds is 5. The van der Waals surface area contributed by atoms with Crippen molar-refractivity contribution in [2.75, 3.05) is 6.54 Å². The van der Waals surface area contributed by atoms with E-state index >= 15 is 0 Å². The van der Waals surface area contributed by atoms with Crippen molar-refractivity contribution in [3.63, 3.8) is 0 Å². The first-order valence-corrected chi connectivity index (χ1v) is 5.80. The Bertz CT molecular complexity index is 245. The SMILES string of the molecule is CCCCc1nc(C(C)CN)cs1. The van der Waals surface area contributed by atoms with Crippen LogP contribution in [0.15, 0.2) is 5.38 Å². The summed E-state index contributed by atoms with van der Waals surface area (Å²) >= 11 is 1.77. The highest BCUT2D eigenvalue weighted by atomic mass is 32.1. The van der Waals surface area contributed by atoms with Gasteiger partial charge in [-0.3, -0.25) is 0 Å². The van der Waals surface area contributed by atoms with Gasteiger partial charge in [-0.25, -0.2) is 4.98 Å². The van der Waals surface area contributed by atoms with Crippen LogP contribution in [0.2, 0.25) is 0 Å². The number of nitrogens with zero attached hydrogens (tertiary/aromatic N) is 1. The van der Waals surface area contributed by atoms with Gasteiger partial charge >= 0.3 is 0 Å². The maximum atomic E-state index is 5.58. The molecule has 2 nitrogen and oxygen atoms in total. The van der Waals surface area contributed by atoms with Crippen molar-refractivity contribution in [2.45, 2.75) is 39.0 Å². The number of nitrogens with two attached hydrogens (primary N) is 1. The van der Waals surface area contributed by atoms with E-state index in [4.69, 9.17) is 5.73 Å². The summed E-state index contributed by atoms with van der Waals surface area (Å²) in [5.74, 6) is 0.409. The molecular formula is C10H18N2S. The highest BCUT2D eigenvalue weighted by molar-refractivity contribution is 7.09. The summed E-state index contributed by atoms with van der Waals surface area (Å²) in [5, 5.41) is 3.40. The molecule has 1 rings (SSSR count). The standard InChI is InChI=1S/C10H18N2S/c1-3-4-5-10-12-9(7-13-10)8(2)6-11/h7-8H,3-6,11H2,1-2H3. The first-order valence-electron chi connectivity index (χ1n) is 4.92. The molecule has 0 spiro atoms. The summed E-state index contributed by atoms with van der Waals surface area (Å²) in [4.78, 5) is 4.56. The second-order valence-electron chi connectivity index (χ2n) is 3.41. The first kappa shape index (κ1) is 10.7. The zero-order valence-electron chi connectivity index (χ0n) is 8.42. The van der Waals surface area contributed by atoms with Crippen LogP contribution in [0.1, 0.15) is 43.3 Å². The van der Waals surface area contributed by atoms with Crippen molar-refractivity contribution in [1.29, 1.82) is 0 Å². The Kier molecular flexibility index (Phi) is 4.39. The minimum Gasteiger partial charge on any atom is -0.330 e. The van der Waals surface area contributed by atoms with Crippen molar-refractivity contribution >= 4 is 11.3 Å². The second-order valence-corrected chi connectivity index (χ2v) is 4.35. The van der Waals surface area contributed by atoms with E-state index in [0.717, 1.165) is 6.42 Å². The van der Waals surface area contributed by atoms with Crippen molar-refractivity contribution < 1.29 is 0 Å². The zero-order valence-corrected chi connectivity index (χ0v) is 9.23. The van der Waals surface area contributed by atoms with Gasteiger partial charge in [-0.2, -0.15) is 0 Å². The normalized spacial score (nSPS) is 13.2. The number of hydrogen-bond acceptors (Lipinski definition) is 3. The molecule has 0 saturated heterocycles. The van der Waals surface area contributed by atoms with Gasteiger partial charge in [0, 0.05) is 17.8 Å². The lowest BCUT2D eigenvalue weighted by Gasteiger charge is -2.02. The maximum Gasteiger partial charge on any atom is 0.0928 e. The number of aromatic nitrogens is 1. The number of hydrogen-bond donors (Lipinski definition) is 1. The average Bonchev–Trinajstić information content (AvgIpc) is 2.62. The molecule has 0 aromatic carbocycles. The van der Waals surface area contributed by atoms with Gasteiger partial charge in [-0.15, -0.1) is 11.3 Å². The topological polar surface area (TPSA) is 38.9 Å². The molecule has 3 heteroatoms. The molecule has 1 atom stereocenters. The molecule has 0 amide bonds. The van der Waals surface area contributed by atoms with Gasteiger partial charge in [0.2, 0.25) is 0 Å². The van der Waals surface area contributed by atoms with E-state index in [9.17, 15) is 0 Å². The van der Waals surface area contributed by atoms with Gasteiger partial charge in [0.1, 0.15) is 0 Å². The fraction of sp³-hybridized carbons (Fsp3) is 0.700. The quantitative estimate of drug-likeness (QED) is 0.789. The van der Waals surface area contributed by atoms with Crippen LogP contribution in [-0.2, 0) is 6.42 Å². The molecule has 2 N–H and O–H groups in total. The van der Waals surface area contributed by atoms with Crippen LogP contribution in [0, 0.1) is 0 Å². The highest BCUT2D eigenvalue weighted by Gasteiger charge is 2.07. The van der Waals surface area contributed by atoms with Crippen molar-refractivity contribution in [2.24, 2.45) is 5.73 Å². The fourth-order valence-corrected chi connectivity index (χ4v) is 2.08. The molecular weight excluding hydrogens is 180 g/mol. The Morgan fingerprint density at radius 3 is 3.00 bits per heavy atom. The Hall–Kier alpha value is -0.410. The van der Waals surface area contributed by atoms with Gasteiger partial charge in [-0.05, 0) is 12.8 Å². The molecule has 0 fully saturated rings. The van der Waals surface area contributed by atoms with E-state index in [-0.39, 0.29) is 0 Å². The van der Waals surface area contributed by atoms with E-state index in [0.29, 0.717) is 12.5 Å². The van der Waals surface area contributed by atoms with E-state index in [2.05, 4.69) is 24.2 Å². The summed E-state index contributed by atoms with van der Waals surface area (Å²) in [6.45, 7) is 5.02. The number of unbranched alkanes of at least 4 members (excludes halogenated alkanes) is 1. The maximum absolute atomic E-state index is 5.58. The molecule has 0 aliphatic heterocycles. The van der Waals surface area contributed by atoms with Gasteiger partial charge in [0.25, 0.3) is 0 Å². The largest absolute Gasteiger partial charge is 0.330 e. The Morgan fingerprint density at radius 1 is 1.62 bits per heavy atom. The van der Waals surface area contributed by atoms with Crippen molar-refractivity contribution in [3.05, 3.63) is 16.1 Å². The Balaban J connectivity index is 2.53. The summed E-state index contributed by atoms with van der Waals surface area (Å²) < 4.78 is 0. The summed E-state index contributed by atoms with van der Waals surface area (Å²) in [5.41, 5.74) is 6.74. The smallest absolute Gasteiger partial charge is 0.0928 e. The van der Waals surface area contributed by atoms with Gasteiger partial charge in [0.15, 0.2) is 0 Å². The predicted octanol–water partition coefficient (Wildman–Crippen LogP) is 2.55. The number of thiazole rings is 1. The van der Waals surface area contributed by atoms with Crippen LogP contribution in [0.3, 0.4) is 0 Å². The third-order valence-corrected chi connectivity index (χ3v) is 3.10. The predicted molar refractivity (Wildman–Crippen MR) is 58.2 cm³/mol.